The Morgan fingerprint density at radius 3 is 2.82 bits per heavy atom. The van der Waals surface area contributed by atoms with Gasteiger partial charge in [0.25, 0.3) is 6.01 Å². The Kier molecular flexibility index (Phi) is 3.49. The highest BCUT2D eigenvalue weighted by molar-refractivity contribution is 5.42. The summed E-state index contributed by atoms with van der Waals surface area (Å²) in [5.41, 5.74) is 1.01. The van der Waals surface area contributed by atoms with E-state index in [9.17, 15) is 0 Å². The lowest BCUT2D eigenvalue weighted by Crippen LogP contribution is -2.02. The van der Waals surface area contributed by atoms with Crippen molar-refractivity contribution in [3.8, 4) is 11.5 Å². The molecule has 0 aliphatic heterocycles. The number of aromatic nitrogens is 1. The van der Waals surface area contributed by atoms with E-state index in [-0.39, 0.29) is 0 Å². The fourth-order valence-electron chi connectivity index (χ4n) is 1.48. The lowest BCUT2D eigenvalue weighted by Gasteiger charge is -2.10. The summed E-state index contributed by atoms with van der Waals surface area (Å²) in [5, 5.41) is 3.05. The van der Waals surface area contributed by atoms with E-state index in [4.69, 9.17) is 13.9 Å². The largest absolute Gasteiger partial charge is 0.497 e. The molecule has 90 valence electrons. The summed E-state index contributed by atoms with van der Waals surface area (Å²) >= 11 is 0. The number of hydrogen-bond acceptors (Lipinski definition) is 5. The van der Waals surface area contributed by atoms with Crippen molar-refractivity contribution < 1.29 is 13.9 Å². The summed E-state index contributed by atoms with van der Waals surface area (Å²) in [6, 6.07) is 6.15. The molecule has 5 heteroatoms. The van der Waals surface area contributed by atoms with Crippen molar-refractivity contribution in [3.63, 3.8) is 0 Å². The summed E-state index contributed by atoms with van der Waals surface area (Å²) in [4.78, 5) is 3.98. The van der Waals surface area contributed by atoms with Gasteiger partial charge in [-0.15, -0.1) is 0 Å². The second kappa shape index (κ2) is 5.25. The zero-order valence-corrected chi connectivity index (χ0v) is 9.77. The first-order valence-corrected chi connectivity index (χ1v) is 5.17. The number of rotatable bonds is 5. The van der Waals surface area contributed by atoms with E-state index in [2.05, 4.69) is 10.3 Å². The van der Waals surface area contributed by atoms with Gasteiger partial charge in [0.1, 0.15) is 17.8 Å². The van der Waals surface area contributed by atoms with Gasteiger partial charge in [-0.05, 0) is 12.1 Å². The zero-order valence-electron chi connectivity index (χ0n) is 9.77. The van der Waals surface area contributed by atoms with Crippen LogP contribution < -0.4 is 14.8 Å². The molecule has 0 saturated heterocycles. The minimum absolute atomic E-state index is 0.489. The molecule has 17 heavy (non-hydrogen) atoms. The Balaban J connectivity index is 2.09. The number of hydrogen-bond donors (Lipinski definition) is 1. The number of benzene rings is 1. The van der Waals surface area contributed by atoms with E-state index in [1.165, 1.54) is 6.26 Å². The van der Waals surface area contributed by atoms with Crippen LogP contribution in [0.4, 0.5) is 6.01 Å². The van der Waals surface area contributed by atoms with Crippen LogP contribution in [0.1, 0.15) is 5.56 Å². The standard InChI is InChI=1S/C12H14N2O3/c1-15-10-4-3-9(11(7-10)16-2)8-14-12-13-5-6-17-12/h3-7H,8H2,1-2H3,(H,13,14). The van der Waals surface area contributed by atoms with Crippen molar-refractivity contribution in [2.45, 2.75) is 6.54 Å². The number of nitrogens with zero attached hydrogens (tertiary/aromatic N) is 1. The third-order valence-corrected chi connectivity index (χ3v) is 2.36. The number of anilines is 1. The number of methoxy groups -OCH3 is 2. The predicted octanol–water partition coefficient (Wildman–Crippen LogP) is 2.30. The van der Waals surface area contributed by atoms with Crippen molar-refractivity contribution >= 4 is 6.01 Å². The topological polar surface area (TPSA) is 56.5 Å². The van der Waals surface area contributed by atoms with E-state index < -0.39 is 0 Å². The Morgan fingerprint density at radius 1 is 1.29 bits per heavy atom. The highest BCUT2D eigenvalue weighted by atomic mass is 16.5. The molecule has 1 aromatic carbocycles. The number of nitrogens with one attached hydrogen (secondary N) is 1. The van der Waals surface area contributed by atoms with Gasteiger partial charge in [-0.1, -0.05) is 0 Å². The number of oxazole rings is 1. The summed E-state index contributed by atoms with van der Waals surface area (Å²) in [6.45, 7) is 0.577. The maximum absolute atomic E-state index is 5.29. The molecule has 0 aliphatic carbocycles. The molecule has 0 fully saturated rings. The van der Waals surface area contributed by atoms with E-state index in [0.29, 0.717) is 12.6 Å². The zero-order chi connectivity index (χ0) is 12.1. The number of ether oxygens (including phenoxy) is 2. The van der Waals surface area contributed by atoms with Gasteiger partial charge in [-0.25, -0.2) is 4.98 Å². The van der Waals surface area contributed by atoms with Crippen molar-refractivity contribution in [3.05, 3.63) is 36.2 Å². The lowest BCUT2D eigenvalue weighted by atomic mass is 10.2. The third kappa shape index (κ3) is 2.69. The van der Waals surface area contributed by atoms with E-state index >= 15 is 0 Å². The van der Waals surface area contributed by atoms with Gasteiger partial charge in [-0.2, -0.15) is 0 Å². The maximum Gasteiger partial charge on any atom is 0.294 e. The molecule has 5 nitrogen and oxygen atoms in total. The summed E-state index contributed by atoms with van der Waals surface area (Å²) < 4.78 is 15.5. The molecule has 0 amide bonds. The van der Waals surface area contributed by atoms with E-state index in [1.54, 1.807) is 20.4 Å². The van der Waals surface area contributed by atoms with Crippen LogP contribution in [0.3, 0.4) is 0 Å². The summed E-state index contributed by atoms with van der Waals surface area (Å²) in [6.07, 6.45) is 3.11. The minimum Gasteiger partial charge on any atom is -0.497 e. The Morgan fingerprint density at radius 2 is 2.18 bits per heavy atom. The molecule has 0 unspecified atom stereocenters. The lowest BCUT2D eigenvalue weighted by molar-refractivity contribution is 0.391. The van der Waals surface area contributed by atoms with Crippen LogP contribution in [-0.2, 0) is 6.54 Å². The highest BCUT2D eigenvalue weighted by Crippen LogP contribution is 2.25. The average Bonchev–Trinajstić information content (AvgIpc) is 2.89. The molecule has 1 aromatic heterocycles. The van der Waals surface area contributed by atoms with Gasteiger partial charge in [0, 0.05) is 18.2 Å². The molecule has 0 bridgehead atoms. The second-order valence-electron chi connectivity index (χ2n) is 3.37. The monoisotopic (exact) mass is 234 g/mol. The predicted molar refractivity (Wildman–Crippen MR) is 63.4 cm³/mol. The van der Waals surface area contributed by atoms with E-state index in [0.717, 1.165) is 17.1 Å². The van der Waals surface area contributed by atoms with Crippen LogP contribution in [0.25, 0.3) is 0 Å². The fourth-order valence-corrected chi connectivity index (χ4v) is 1.48. The van der Waals surface area contributed by atoms with Gasteiger partial charge in [0.05, 0.1) is 20.4 Å². The normalized spacial score (nSPS) is 10.0. The molecule has 2 rings (SSSR count). The van der Waals surface area contributed by atoms with Crippen molar-refractivity contribution in [2.24, 2.45) is 0 Å². The first kappa shape index (κ1) is 11.3. The Labute approximate surface area is 99.4 Å². The van der Waals surface area contributed by atoms with Gasteiger partial charge in [0.15, 0.2) is 0 Å². The summed E-state index contributed by atoms with van der Waals surface area (Å²) in [5.74, 6) is 1.53. The first-order chi connectivity index (χ1) is 8.33. The fraction of sp³-hybridized carbons (Fsp3) is 0.250. The summed E-state index contributed by atoms with van der Waals surface area (Å²) in [7, 11) is 3.25. The van der Waals surface area contributed by atoms with E-state index in [1.807, 2.05) is 18.2 Å². The molecule has 0 radical (unpaired) electrons. The molecular formula is C12H14N2O3. The quantitative estimate of drug-likeness (QED) is 0.860. The molecule has 2 aromatic rings. The SMILES string of the molecule is COc1ccc(CNc2ncco2)c(OC)c1. The van der Waals surface area contributed by atoms with Crippen LogP contribution >= 0.6 is 0 Å². The smallest absolute Gasteiger partial charge is 0.294 e. The molecule has 0 saturated carbocycles. The molecule has 1 N–H and O–H groups in total. The minimum atomic E-state index is 0.489. The molecular weight excluding hydrogens is 220 g/mol. The maximum atomic E-state index is 5.29. The van der Waals surface area contributed by atoms with Crippen LogP contribution in [0, 0.1) is 0 Å². The van der Waals surface area contributed by atoms with Gasteiger partial charge >= 0.3 is 0 Å². The van der Waals surface area contributed by atoms with Crippen molar-refractivity contribution in [2.75, 3.05) is 19.5 Å². The molecule has 0 aliphatic rings. The first-order valence-electron chi connectivity index (χ1n) is 5.17. The average molecular weight is 234 g/mol. The van der Waals surface area contributed by atoms with Gasteiger partial charge < -0.3 is 19.2 Å². The second-order valence-corrected chi connectivity index (χ2v) is 3.37. The molecule has 0 atom stereocenters. The Bertz CT molecular complexity index is 469. The van der Waals surface area contributed by atoms with Gasteiger partial charge in [-0.3, -0.25) is 0 Å². The molecule has 0 spiro atoms. The van der Waals surface area contributed by atoms with Crippen LogP contribution in [0.2, 0.25) is 0 Å². The van der Waals surface area contributed by atoms with Crippen LogP contribution in [-0.4, -0.2) is 19.2 Å². The van der Waals surface area contributed by atoms with Crippen molar-refractivity contribution in [1.29, 1.82) is 0 Å². The van der Waals surface area contributed by atoms with Crippen molar-refractivity contribution in [1.82, 2.24) is 4.98 Å². The highest BCUT2D eigenvalue weighted by Gasteiger charge is 2.05. The third-order valence-electron chi connectivity index (χ3n) is 2.36. The van der Waals surface area contributed by atoms with Gasteiger partial charge in [0.2, 0.25) is 0 Å². The Hall–Kier alpha value is -2.17. The van der Waals surface area contributed by atoms with Crippen LogP contribution in [0.5, 0.6) is 11.5 Å². The molecule has 1 heterocycles. The van der Waals surface area contributed by atoms with Crippen LogP contribution in [0.15, 0.2) is 35.1 Å².